The van der Waals surface area contributed by atoms with Gasteiger partial charge in [-0.15, -0.1) is 0 Å². The second kappa shape index (κ2) is 4.40. The van der Waals surface area contributed by atoms with Crippen LogP contribution in [0.1, 0.15) is 11.6 Å². The lowest BCUT2D eigenvalue weighted by molar-refractivity contribution is 0.129. The Kier molecular flexibility index (Phi) is 2.96. The van der Waals surface area contributed by atoms with Crippen LogP contribution in [0.25, 0.3) is 0 Å². The van der Waals surface area contributed by atoms with Crippen LogP contribution in [0.3, 0.4) is 0 Å². The van der Waals surface area contributed by atoms with Gasteiger partial charge in [0.05, 0.1) is 6.04 Å². The summed E-state index contributed by atoms with van der Waals surface area (Å²) in [6.45, 7) is 1.55. The molecule has 1 fully saturated rings. The van der Waals surface area contributed by atoms with Gasteiger partial charge in [-0.1, -0.05) is 12.1 Å². The molecule has 1 unspecified atom stereocenters. The SMILES string of the molecule is O=C(O)N1CCNC(c2cccc(O)c2)C1. The van der Waals surface area contributed by atoms with Crippen LogP contribution in [0.5, 0.6) is 5.75 Å². The van der Waals surface area contributed by atoms with E-state index in [0.717, 1.165) is 5.56 Å². The first kappa shape index (κ1) is 10.8. The van der Waals surface area contributed by atoms with Crippen molar-refractivity contribution < 1.29 is 15.0 Å². The first-order valence-corrected chi connectivity index (χ1v) is 5.17. The maximum Gasteiger partial charge on any atom is 0.407 e. The third-order valence-corrected chi connectivity index (χ3v) is 2.72. The summed E-state index contributed by atoms with van der Waals surface area (Å²) in [6.07, 6.45) is -0.897. The van der Waals surface area contributed by atoms with Gasteiger partial charge in [0.1, 0.15) is 5.75 Å². The predicted octanol–water partition coefficient (Wildman–Crippen LogP) is 1.02. The van der Waals surface area contributed by atoms with Crippen LogP contribution in [0.15, 0.2) is 24.3 Å². The van der Waals surface area contributed by atoms with Gasteiger partial charge in [0.2, 0.25) is 0 Å². The van der Waals surface area contributed by atoms with E-state index in [4.69, 9.17) is 5.11 Å². The van der Waals surface area contributed by atoms with Crippen molar-refractivity contribution in [2.45, 2.75) is 6.04 Å². The number of rotatable bonds is 1. The van der Waals surface area contributed by atoms with Crippen LogP contribution in [0, 0.1) is 0 Å². The Balaban J connectivity index is 2.12. The summed E-state index contributed by atoms with van der Waals surface area (Å²) < 4.78 is 0. The molecule has 1 aliphatic heterocycles. The fourth-order valence-electron chi connectivity index (χ4n) is 1.89. The number of phenols is 1. The third-order valence-electron chi connectivity index (χ3n) is 2.72. The molecule has 0 saturated carbocycles. The van der Waals surface area contributed by atoms with Gasteiger partial charge in [0.15, 0.2) is 0 Å². The number of benzene rings is 1. The van der Waals surface area contributed by atoms with E-state index < -0.39 is 6.09 Å². The van der Waals surface area contributed by atoms with E-state index in [0.29, 0.717) is 19.6 Å². The van der Waals surface area contributed by atoms with E-state index in [1.807, 2.05) is 6.07 Å². The van der Waals surface area contributed by atoms with Gasteiger partial charge in [-0.05, 0) is 17.7 Å². The zero-order valence-electron chi connectivity index (χ0n) is 8.76. The lowest BCUT2D eigenvalue weighted by Crippen LogP contribution is -2.47. The van der Waals surface area contributed by atoms with Gasteiger partial charge in [-0.3, -0.25) is 0 Å². The van der Waals surface area contributed by atoms with Gasteiger partial charge < -0.3 is 20.4 Å². The Labute approximate surface area is 93.3 Å². The monoisotopic (exact) mass is 222 g/mol. The van der Waals surface area contributed by atoms with Crippen molar-refractivity contribution in [3.8, 4) is 5.75 Å². The normalized spacial score (nSPS) is 20.8. The zero-order valence-corrected chi connectivity index (χ0v) is 8.76. The quantitative estimate of drug-likeness (QED) is 0.663. The summed E-state index contributed by atoms with van der Waals surface area (Å²) in [5, 5.41) is 21.5. The molecule has 1 aromatic rings. The molecule has 0 radical (unpaired) electrons. The second-order valence-electron chi connectivity index (χ2n) is 3.83. The topological polar surface area (TPSA) is 72.8 Å². The number of carboxylic acid groups (broad SMARTS) is 1. The predicted molar refractivity (Wildman–Crippen MR) is 58.4 cm³/mol. The smallest absolute Gasteiger partial charge is 0.407 e. The molecular formula is C11H14N2O3. The molecule has 16 heavy (non-hydrogen) atoms. The second-order valence-corrected chi connectivity index (χ2v) is 3.83. The van der Waals surface area contributed by atoms with Crippen LogP contribution in [0.4, 0.5) is 4.79 Å². The summed E-state index contributed by atoms with van der Waals surface area (Å²) in [5.74, 6) is 0.201. The molecular weight excluding hydrogens is 208 g/mol. The van der Waals surface area contributed by atoms with Crippen molar-refractivity contribution in [1.82, 2.24) is 10.2 Å². The zero-order chi connectivity index (χ0) is 11.5. The number of nitrogens with one attached hydrogen (secondary N) is 1. The lowest BCUT2D eigenvalue weighted by Gasteiger charge is -2.32. The average molecular weight is 222 g/mol. The highest BCUT2D eigenvalue weighted by molar-refractivity contribution is 5.65. The largest absolute Gasteiger partial charge is 0.508 e. The molecule has 1 amide bonds. The van der Waals surface area contributed by atoms with E-state index >= 15 is 0 Å². The molecule has 1 aliphatic rings. The molecule has 1 aromatic carbocycles. The molecule has 5 nitrogen and oxygen atoms in total. The molecule has 1 saturated heterocycles. The summed E-state index contributed by atoms with van der Waals surface area (Å²) >= 11 is 0. The lowest BCUT2D eigenvalue weighted by atomic mass is 10.0. The van der Waals surface area contributed by atoms with Gasteiger partial charge in [-0.25, -0.2) is 4.79 Å². The number of hydrogen-bond donors (Lipinski definition) is 3. The van der Waals surface area contributed by atoms with E-state index in [1.165, 1.54) is 4.90 Å². The molecule has 2 rings (SSSR count). The minimum absolute atomic E-state index is 0.0445. The minimum atomic E-state index is -0.897. The summed E-state index contributed by atoms with van der Waals surface area (Å²) in [7, 11) is 0. The summed E-state index contributed by atoms with van der Waals surface area (Å²) in [4.78, 5) is 12.2. The molecule has 1 heterocycles. The molecule has 5 heteroatoms. The third kappa shape index (κ3) is 2.25. The Bertz CT molecular complexity index is 395. The van der Waals surface area contributed by atoms with Crippen LogP contribution < -0.4 is 5.32 Å². The maximum atomic E-state index is 10.8. The summed E-state index contributed by atoms with van der Waals surface area (Å²) in [5.41, 5.74) is 0.908. The van der Waals surface area contributed by atoms with Gasteiger partial charge in [0, 0.05) is 19.6 Å². The Hall–Kier alpha value is -1.75. The molecule has 3 N–H and O–H groups in total. The van der Waals surface area contributed by atoms with Gasteiger partial charge in [0.25, 0.3) is 0 Å². The first-order chi connectivity index (χ1) is 7.66. The molecule has 0 bridgehead atoms. The summed E-state index contributed by atoms with van der Waals surface area (Å²) in [6, 6.07) is 6.84. The number of aromatic hydroxyl groups is 1. The van der Waals surface area contributed by atoms with E-state index in [1.54, 1.807) is 18.2 Å². The van der Waals surface area contributed by atoms with E-state index in [-0.39, 0.29) is 11.8 Å². The van der Waals surface area contributed by atoms with E-state index in [9.17, 15) is 9.90 Å². The van der Waals surface area contributed by atoms with E-state index in [2.05, 4.69) is 5.32 Å². The standard InChI is InChI=1S/C11H14N2O3/c14-9-3-1-2-8(6-9)10-7-13(11(15)16)5-4-12-10/h1-3,6,10,12,14H,4-5,7H2,(H,15,16). The highest BCUT2D eigenvalue weighted by Crippen LogP contribution is 2.20. The highest BCUT2D eigenvalue weighted by Gasteiger charge is 2.23. The molecule has 86 valence electrons. The van der Waals surface area contributed by atoms with Crippen molar-refractivity contribution in [3.63, 3.8) is 0 Å². The Morgan fingerprint density at radius 3 is 3.00 bits per heavy atom. The number of carbonyl (C=O) groups is 1. The highest BCUT2D eigenvalue weighted by atomic mass is 16.4. The number of piperazine rings is 1. The fraction of sp³-hybridized carbons (Fsp3) is 0.364. The average Bonchev–Trinajstić information content (AvgIpc) is 2.29. The molecule has 0 aliphatic carbocycles. The molecule has 1 atom stereocenters. The van der Waals surface area contributed by atoms with Crippen molar-refractivity contribution >= 4 is 6.09 Å². The fourth-order valence-corrected chi connectivity index (χ4v) is 1.89. The Morgan fingerprint density at radius 1 is 1.50 bits per heavy atom. The number of hydrogen-bond acceptors (Lipinski definition) is 3. The van der Waals surface area contributed by atoms with Crippen LogP contribution in [-0.4, -0.2) is 40.8 Å². The van der Waals surface area contributed by atoms with Crippen molar-refractivity contribution in [3.05, 3.63) is 29.8 Å². The van der Waals surface area contributed by atoms with Crippen molar-refractivity contribution in [1.29, 1.82) is 0 Å². The maximum absolute atomic E-state index is 10.8. The number of amides is 1. The number of nitrogens with zero attached hydrogens (tertiary/aromatic N) is 1. The number of phenolic OH excluding ortho intramolecular Hbond substituents is 1. The molecule has 0 spiro atoms. The van der Waals surface area contributed by atoms with Crippen LogP contribution in [-0.2, 0) is 0 Å². The van der Waals surface area contributed by atoms with Crippen molar-refractivity contribution in [2.24, 2.45) is 0 Å². The van der Waals surface area contributed by atoms with Crippen molar-refractivity contribution in [2.75, 3.05) is 19.6 Å². The van der Waals surface area contributed by atoms with Crippen LogP contribution >= 0.6 is 0 Å². The first-order valence-electron chi connectivity index (χ1n) is 5.17. The van der Waals surface area contributed by atoms with Gasteiger partial charge in [-0.2, -0.15) is 0 Å². The Morgan fingerprint density at radius 2 is 2.31 bits per heavy atom. The molecule has 0 aromatic heterocycles. The minimum Gasteiger partial charge on any atom is -0.508 e. The van der Waals surface area contributed by atoms with Gasteiger partial charge >= 0.3 is 6.09 Å². The van der Waals surface area contributed by atoms with Crippen LogP contribution in [0.2, 0.25) is 0 Å².